The van der Waals surface area contributed by atoms with Crippen LogP contribution in [0.2, 0.25) is 0 Å². The number of aliphatic hydroxyl groups excluding tert-OH is 1. The van der Waals surface area contributed by atoms with Crippen molar-refractivity contribution in [3.8, 4) is 0 Å². The molecule has 0 spiro atoms. The smallest absolute Gasteiger partial charge is 0.258 e. The minimum Gasteiger partial charge on any atom is -0.392 e. The molecule has 3 N–H and O–H groups in total. The molecule has 3 rings (SSSR count). The molecule has 0 bridgehead atoms. The van der Waals surface area contributed by atoms with Gasteiger partial charge in [-0.15, -0.1) is 0 Å². The molecule has 0 amide bonds. The summed E-state index contributed by atoms with van der Waals surface area (Å²) in [5, 5.41) is 13.8. The predicted octanol–water partition coefficient (Wildman–Crippen LogP) is 0.361. The lowest BCUT2D eigenvalue weighted by molar-refractivity contribution is 0.111. The molecule has 1 aromatic heterocycles. The summed E-state index contributed by atoms with van der Waals surface area (Å²) >= 11 is 0. The van der Waals surface area contributed by atoms with Gasteiger partial charge in [-0.1, -0.05) is 12.1 Å². The van der Waals surface area contributed by atoms with Crippen LogP contribution < -0.4 is 10.9 Å². The van der Waals surface area contributed by atoms with Crippen LogP contribution in [0.1, 0.15) is 18.2 Å². The van der Waals surface area contributed by atoms with E-state index in [1.54, 1.807) is 6.07 Å². The van der Waals surface area contributed by atoms with Crippen LogP contribution in [-0.4, -0.2) is 34.3 Å². The van der Waals surface area contributed by atoms with Crippen LogP contribution in [0.3, 0.4) is 0 Å². The molecule has 0 unspecified atom stereocenters. The Morgan fingerprint density at radius 3 is 3.00 bits per heavy atom. The van der Waals surface area contributed by atoms with Crippen molar-refractivity contribution in [3.05, 3.63) is 40.4 Å². The number of hydrogen-bond donors (Lipinski definition) is 3. The van der Waals surface area contributed by atoms with Crippen molar-refractivity contribution >= 4 is 10.9 Å². The van der Waals surface area contributed by atoms with Crippen LogP contribution in [0.5, 0.6) is 0 Å². The fourth-order valence-electron chi connectivity index (χ4n) is 2.40. The maximum Gasteiger partial charge on any atom is 0.258 e. The molecule has 2 atom stereocenters. The van der Waals surface area contributed by atoms with Crippen molar-refractivity contribution in [2.45, 2.75) is 18.4 Å². The number of fused-ring (bicyclic) bond motifs is 1. The summed E-state index contributed by atoms with van der Waals surface area (Å²) in [7, 11) is 0. The highest BCUT2D eigenvalue weighted by molar-refractivity contribution is 5.77. The molecule has 0 saturated carbocycles. The van der Waals surface area contributed by atoms with E-state index >= 15 is 0 Å². The van der Waals surface area contributed by atoms with Crippen molar-refractivity contribution < 1.29 is 5.11 Å². The molecule has 18 heavy (non-hydrogen) atoms. The summed E-state index contributed by atoms with van der Waals surface area (Å²) in [4.78, 5) is 19.2. The first kappa shape index (κ1) is 11.4. The normalized spacial score (nSPS) is 24.3. The van der Waals surface area contributed by atoms with E-state index in [9.17, 15) is 9.90 Å². The summed E-state index contributed by atoms with van der Waals surface area (Å²) in [5.41, 5.74) is 0.530. The van der Waals surface area contributed by atoms with Crippen molar-refractivity contribution in [1.29, 1.82) is 0 Å². The standard InChI is InChI=1S/C13H15N3O2/c17-11-5-6-14-7-9(11)12-15-10-4-2-1-3-8(10)13(18)16-12/h1-4,9,11,14,17H,5-7H2,(H,15,16,18)/t9-,11+/m1/s1. The molecule has 1 saturated heterocycles. The van der Waals surface area contributed by atoms with Crippen LogP contribution >= 0.6 is 0 Å². The van der Waals surface area contributed by atoms with Gasteiger partial charge in [0, 0.05) is 6.54 Å². The first-order valence-electron chi connectivity index (χ1n) is 6.13. The number of H-pyrrole nitrogens is 1. The monoisotopic (exact) mass is 245 g/mol. The largest absolute Gasteiger partial charge is 0.392 e. The van der Waals surface area contributed by atoms with Crippen molar-refractivity contribution in [1.82, 2.24) is 15.3 Å². The fourth-order valence-corrected chi connectivity index (χ4v) is 2.40. The van der Waals surface area contributed by atoms with Gasteiger partial charge in [-0.3, -0.25) is 4.79 Å². The van der Waals surface area contributed by atoms with Crippen molar-refractivity contribution in [3.63, 3.8) is 0 Å². The van der Waals surface area contributed by atoms with Gasteiger partial charge in [-0.25, -0.2) is 4.98 Å². The van der Waals surface area contributed by atoms with E-state index < -0.39 is 6.10 Å². The maximum absolute atomic E-state index is 12.0. The molecule has 2 aromatic rings. The molecular weight excluding hydrogens is 230 g/mol. The average Bonchev–Trinajstić information content (AvgIpc) is 2.39. The highest BCUT2D eigenvalue weighted by Gasteiger charge is 2.26. The second-order valence-corrected chi connectivity index (χ2v) is 4.63. The van der Waals surface area contributed by atoms with Gasteiger partial charge >= 0.3 is 0 Å². The number of rotatable bonds is 1. The van der Waals surface area contributed by atoms with Gasteiger partial charge in [0.25, 0.3) is 5.56 Å². The molecule has 5 nitrogen and oxygen atoms in total. The fraction of sp³-hybridized carbons (Fsp3) is 0.385. The second kappa shape index (κ2) is 4.51. The zero-order valence-corrected chi connectivity index (χ0v) is 9.89. The van der Waals surface area contributed by atoms with Gasteiger partial charge in [0.05, 0.1) is 22.9 Å². The van der Waals surface area contributed by atoms with Gasteiger partial charge in [0.1, 0.15) is 5.82 Å². The number of nitrogens with zero attached hydrogens (tertiary/aromatic N) is 1. The minimum absolute atomic E-state index is 0.143. The van der Waals surface area contributed by atoms with E-state index in [1.165, 1.54) is 0 Å². The Balaban J connectivity index is 2.09. The van der Waals surface area contributed by atoms with Crippen molar-refractivity contribution in [2.24, 2.45) is 0 Å². The van der Waals surface area contributed by atoms with E-state index in [0.717, 1.165) is 6.54 Å². The number of aromatic amines is 1. The lowest BCUT2D eigenvalue weighted by Gasteiger charge is -2.27. The molecule has 94 valence electrons. The first-order chi connectivity index (χ1) is 8.75. The molecule has 5 heteroatoms. The first-order valence-corrected chi connectivity index (χ1v) is 6.13. The molecule has 1 aliphatic heterocycles. The molecule has 0 radical (unpaired) electrons. The Bertz CT molecular complexity index is 623. The molecule has 1 aliphatic rings. The third kappa shape index (κ3) is 1.91. The zero-order chi connectivity index (χ0) is 12.5. The Hall–Kier alpha value is -1.72. The number of hydrogen-bond acceptors (Lipinski definition) is 4. The van der Waals surface area contributed by atoms with E-state index in [4.69, 9.17) is 0 Å². The van der Waals surface area contributed by atoms with E-state index in [-0.39, 0.29) is 11.5 Å². The Kier molecular flexibility index (Phi) is 2.85. The van der Waals surface area contributed by atoms with Crippen LogP contribution in [-0.2, 0) is 0 Å². The highest BCUT2D eigenvalue weighted by Crippen LogP contribution is 2.21. The van der Waals surface area contributed by atoms with Crippen LogP contribution in [0.25, 0.3) is 10.9 Å². The molecular formula is C13H15N3O2. The summed E-state index contributed by atoms with van der Waals surface area (Å²) in [6, 6.07) is 7.24. The minimum atomic E-state index is -0.449. The van der Waals surface area contributed by atoms with Gasteiger partial charge in [0.15, 0.2) is 0 Å². The number of nitrogens with one attached hydrogen (secondary N) is 2. The van der Waals surface area contributed by atoms with Gasteiger partial charge in [-0.2, -0.15) is 0 Å². The molecule has 2 heterocycles. The lowest BCUT2D eigenvalue weighted by atomic mass is 9.95. The molecule has 0 aliphatic carbocycles. The van der Waals surface area contributed by atoms with Crippen molar-refractivity contribution in [2.75, 3.05) is 13.1 Å². The number of aliphatic hydroxyl groups is 1. The van der Waals surface area contributed by atoms with Gasteiger partial charge in [0.2, 0.25) is 0 Å². The topological polar surface area (TPSA) is 78.0 Å². The van der Waals surface area contributed by atoms with E-state index in [1.807, 2.05) is 18.2 Å². The lowest BCUT2D eigenvalue weighted by Crippen LogP contribution is -2.39. The molecule has 1 aromatic carbocycles. The Morgan fingerprint density at radius 2 is 2.17 bits per heavy atom. The van der Waals surface area contributed by atoms with Gasteiger partial charge < -0.3 is 15.4 Å². The number of piperidine rings is 1. The third-order valence-electron chi connectivity index (χ3n) is 3.43. The quantitative estimate of drug-likeness (QED) is 0.678. The number of benzene rings is 1. The second-order valence-electron chi connectivity index (χ2n) is 4.63. The number of aromatic nitrogens is 2. The summed E-state index contributed by atoms with van der Waals surface area (Å²) in [6.45, 7) is 1.44. The summed E-state index contributed by atoms with van der Waals surface area (Å²) in [5.74, 6) is 0.425. The van der Waals surface area contributed by atoms with E-state index in [2.05, 4.69) is 15.3 Å². The molecule has 1 fully saturated rings. The van der Waals surface area contributed by atoms with Crippen LogP contribution in [0, 0.1) is 0 Å². The highest BCUT2D eigenvalue weighted by atomic mass is 16.3. The van der Waals surface area contributed by atoms with Gasteiger partial charge in [-0.05, 0) is 25.1 Å². The predicted molar refractivity (Wildman–Crippen MR) is 68.6 cm³/mol. The SMILES string of the molecule is O=c1[nH]c([C@@H]2CNCC[C@@H]2O)nc2ccccc12. The Labute approximate surface area is 104 Å². The van der Waals surface area contributed by atoms with Crippen LogP contribution in [0.15, 0.2) is 29.1 Å². The summed E-state index contributed by atoms with van der Waals surface area (Å²) in [6.07, 6.45) is 0.233. The zero-order valence-electron chi connectivity index (χ0n) is 9.89. The Morgan fingerprint density at radius 1 is 1.33 bits per heavy atom. The maximum atomic E-state index is 12.0. The number of para-hydroxylation sites is 1. The average molecular weight is 245 g/mol. The third-order valence-corrected chi connectivity index (χ3v) is 3.43. The summed E-state index contributed by atoms with van der Waals surface area (Å²) < 4.78 is 0. The van der Waals surface area contributed by atoms with E-state index in [0.29, 0.717) is 29.7 Å². The van der Waals surface area contributed by atoms with Crippen LogP contribution in [0.4, 0.5) is 0 Å².